The van der Waals surface area contributed by atoms with E-state index in [1.165, 1.54) is 12.1 Å². The van der Waals surface area contributed by atoms with Gasteiger partial charge in [0.05, 0.1) is 4.90 Å². The van der Waals surface area contributed by atoms with Crippen LogP contribution in [0.5, 0.6) is 5.75 Å². The van der Waals surface area contributed by atoms with Crippen molar-refractivity contribution < 1.29 is 21.8 Å². The Morgan fingerprint density at radius 3 is 2.45 bits per heavy atom. The third-order valence-electron chi connectivity index (χ3n) is 2.59. The highest BCUT2D eigenvalue weighted by molar-refractivity contribution is 7.86. The van der Waals surface area contributed by atoms with Crippen molar-refractivity contribution in [2.45, 2.75) is 4.90 Å². The Balaban J connectivity index is 1.92. The smallest absolute Gasteiger partial charge is 0.332 e. The van der Waals surface area contributed by atoms with Gasteiger partial charge in [0.2, 0.25) is 0 Å². The van der Waals surface area contributed by atoms with Crippen LogP contribution >= 0.6 is 11.6 Å². The van der Waals surface area contributed by atoms with Gasteiger partial charge in [0.1, 0.15) is 5.75 Å². The fourth-order valence-electron chi connectivity index (χ4n) is 1.60. The molecule has 0 spiro atoms. The molecular weight excluding hydrogens is 333 g/mol. The Hall–Kier alpha value is -2.12. The number of ether oxygens (including phenoxy) is 1. The van der Waals surface area contributed by atoms with Crippen LogP contribution in [0.15, 0.2) is 53.4 Å². The number of nitrogens with one attached hydrogen (secondary N) is 1. The summed E-state index contributed by atoms with van der Waals surface area (Å²) in [6.07, 6.45) is 0. The summed E-state index contributed by atoms with van der Waals surface area (Å²) < 4.78 is 39.3. The van der Waals surface area contributed by atoms with Crippen LogP contribution in [-0.2, 0) is 15.0 Å². The molecule has 5 nitrogen and oxygen atoms in total. The molecule has 0 aliphatic heterocycles. The zero-order valence-corrected chi connectivity index (χ0v) is 12.7. The molecule has 0 unspecified atom stereocenters. The van der Waals surface area contributed by atoms with Gasteiger partial charge in [-0.2, -0.15) is 8.42 Å². The van der Waals surface area contributed by atoms with Crippen molar-refractivity contribution >= 4 is 33.4 Å². The van der Waals surface area contributed by atoms with Crippen molar-refractivity contribution in [3.05, 3.63) is 53.6 Å². The lowest BCUT2D eigenvalue weighted by atomic mass is 10.3. The molecule has 0 aliphatic rings. The number of benzene rings is 2. The second-order valence-corrected chi connectivity index (χ2v) is 6.04. The standard InChI is InChI=1S/C14H11ClFNO4S/c15-10-2-1-3-12(8-10)21-9-14(18)17-11-4-6-13(7-5-11)22(16,19)20/h1-8H,9H2,(H,17,18). The first-order chi connectivity index (χ1) is 10.3. The first kappa shape index (κ1) is 16.3. The molecule has 2 aromatic carbocycles. The quantitative estimate of drug-likeness (QED) is 0.847. The third-order valence-corrected chi connectivity index (χ3v) is 3.66. The fraction of sp³-hybridized carbons (Fsp3) is 0.0714. The summed E-state index contributed by atoms with van der Waals surface area (Å²) in [4.78, 5) is 11.2. The summed E-state index contributed by atoms with van der Waals surface area (Å²) in [5, 5.41) is 2.98. The van der Waals surface area contributed by atoms with Gasteiger partial charge in [0.25, 0.3) is 5.91 Å². The predicted molar refractivity (Wildman–Crippen MR) is 80.3 cm³/mol. The first-order valence-corrected chi connectivity index (χ1v) is 7.84. The maximum atomic E-state index is 12.7. The lowest BCUT2D eigenvalue weighted by molar-refractivity contribution is -0.118. The number of rotatable bonds is 5. The first-order valence-electron chi connectivity index (χ1n) is 6.07. The highest BCUT2D eigenvalue weighted by atomic mass is 35.5. The molecule has 0 radical (unpaired) electrons. The van der Waals surface area contributed by atoms with E-state index in [-0.39, 0.29) is 6.61 Å². The second-order valence-electron chi connectivity index (χ2n) is 4.26. The molecule has 0 fully saturated rings. The molecule has 22 heavy (non-hydrogen) atoms. The Bertz CT molecular complexity index is 778. The van der Waals surface area contributed by atoms with E-state index < -0.39 is 21.0 Å². The van der Waals surface area contributed by atoms with Gasteiger partial charge >= 0.3 is 10.2 Å². The Morgan fingerprint density at radius 2 is 1.86 bits per heavy atom. The van der Waals surface area contributed by atoms with E-state index in [4.69, 9.17) is 16.3 Å². The minimum absolute atomic E-state index is 0.247. The number of hydrogen-bond donors (Lipinski definition) is 1. The summed E-state index contributed by atoms with van der Waals surface area (Å²) >= 11 is 5.78. The predicted octanol–water partition coefficient (Wildman–Crippen LogP) is 3.02. The van der Waals surface area contributed by atoms with E-state index in [1.807, 2.05) is 0 Å². The van der Waals surface area contributed by atoms with Crippen LogP contribution < -0.4 is 10.1 Å². The molecule has 0 atom stereocenters. The third kappa shape index (κ3) is 4.71. The molecule has 0 saturated heterocycles. The van der Waals surface area contributed by atoms with Crippen LogP contribution in [0.2, 0.25) is 5.02 Å². The van der Waals surface area contributed by atoms with Gasteiger partial charge in [-0.3, -0.25) is 4.79 Å². The number of hydrogen-bond acceptors (Lipinski definition) is 4. The summed E-state index contributed by atoms with van der Waals surface area (Å²) in [6.45, 7) is -0.247. The van der Waals surface area contributed by atoms with Crippen LogP contribution in [0.4, 0.5) is 9.57 Å². The van der Waals surface area contributed by atoms with E-state index in [1.54, 1.807) is 24.3 Å². The van der Waals surface area contributed by atoms with Crippen LogP contribution in [0, 0.1) is 0 Å². The van der Waals surface area contributed by atoms with Crippen molar-refractivity contribution in [1.82, 2.24) is 0 Å². The van der Waals surface area contributed by atoms with Crippen molar-refractivity contribution in [3.8, 4) is 5.75 Å². The number of carbonyl (C=O) groups excluding carboxylic acids is 1. The van der Waals surface area contributed by atoms with E-state index in [2.05, 4.69) is 5.32 Å². The van der Waals surface area contributed by atoms with E-state index in [0.29, 0.717) is 16.5 Å². The van der Waals surface area contributed by atoms with E-state index >= 15 is 0 Å². The largest absolute Gasteiger partial charge is 0.484 e. The lowest BCUT2D eigenvalue weighted by Crippen LogP contribution is -2.20. The molecule has 0 aromatic heterocycles. The maximum Gasteiger partial charge on any atom is 0.332 e. The van der Waals surface area contributed by atoms with Gasteiger partial charge in [-0.1, -0.05) is 17.7 Å². The zero-order chi connectivity index (χ0) is 16.2. The van der Waals surface area contributed by atoms with Gasteiger partial charge in [-0.25, -0.2) is 0 Å². The van der Waals surface area contributed by atoms with Crippen molar-refractivity contribution in [2.75, 3.05) is 11.9 Å². The van der Waals surface area contributed by atoms with Crippen LogP contribution in [0.1, 0.15) is 0 Å². The van der Waals surface area contributed by atoms with Crippen molar-refractivity contribution in [3.63, 3.8) is 0 Å². The van der Waals surface area contributed by atoms with Crippen LogP contribution in [0.3, 0.4) is 0 Å². The fourth-order valence-corrected chi connectivity index (χ4v) is 2.25. The Labute approximate surface area is 131 Å². The number of carbonyl (C=O) groups is 1. The summed E-state index contributed by atoms with van der Waals surface area (Å²) in [6, 6.07) is 11.3. The van der Waals surface area contributed by atoms with Gasteiger partial charge in [0, 0.05) is 10.7 Å². The van der Waals surface area contributed by atoms with Crippen LogP contribution in [-0.4, -0.2) is 20.9 Å². The molecule has 2 rings (SSSR count). The molecular formula is C14H11ClFNO4S. The highest BCUT2D eigenvalue weighted by Gasteiger charge is 2.11. The van der Waals surface area contributed by atoms with E-state index in [0.717, 1.165) is 12.1 Å². The van der Waals surface area contributed by atoms with Crippen molar-refractivity contribution in [2.24, 2.45) is 0 Å². The minimum atomic E-state index is -4.75. The van der Waals surface area contributed by atoms with Gasteiger partial charge in [-0.15, -0.1) is 3.89 Å². The number of halogens is 2. The number of amides is 1. The molecule has 1 amide bonds. The molecule has 0 bridgehead atoms. The molecule has 0 aliphatic carbocycles. The van der Waals surface area contributed by atoms with Crippen molar-refractivity contribution in [1.29, 1.82) is 0 Å². The molecule has 116 valence electrons. The molecule has 0 heterocycles. The SMILES string of the molecule is O=C(COc1cccc(Cl)c1)Nc1ccc(S(=O)(=O)F)cc1. The Kier molecular flexibility index (Phi) is 4.99. The summed E-state index contributed by atoms with van der Waals surface area (Å²) in [7, 11) is -4.75. The molecule has 1 N–H and O–H groups in total. The monoisotopic (exact) mass is 343 g/mol. The average molecular weight is 344 g/mol. The second kappa shape index (κ2) is 6.76. The molecule has 2 aromatic rings. The lowest BCUT2D eigenvalue weighted by Gasteiger charge is -2.08. The maximum absolute atomic E-state index is 12.7. The summed E-state index contributed by atoms with van der Waals surface area (Å²) in [5.41, 5.74) is 0.326. The van der Waals surface area contributed by atoms with E-state index in [9.17, 15) is 17.1 Å². The molecule has 0 saturated carbocycles. The average Bonchev–Trinajstić information content (AvgIpc) is 2.45. The zero-order valence-electron chi connectivity index (χ0n) is 11.1. The van der Waals surface area contributed by atoms with Gasteiger partial charge < -0.3 is 10.1 Å². The van der Waals surface area contributed by atoms with Crippen LogP contribution in [0.25, 0.3) is 0 Å². The number of anilines is 1. The highest BCUT2D eigenvalue weighted by Crippen LogP contribution is 2.18. The van der Waals surface area contributed by atoms with Gasteiger partial charge in [-0.05, 0) is 42.5 Å². The summed E-state index contributed by atoms with van der Waals surface area (Å²) in [5.74, 6) is -0.00245. The Morgan fingerprint density at radius 1 is 1.18 bits per heavy atom. The topological polar surface area (TPSA) is 72.5 Å². The molecule has 8 heteroatoms. The normalized spacial score (nSPS) is 11.0. The minimum Gasteiger partial charge on any atom is -0.484 e. The van der Waals surface area contributed by atoms with Gasteiger partial charge in [0.15, 0.2) is 6.61 Å².